The quantitative estimate of drug-likeness (QED) is 0.743. The number of aromatic nitrogens is 1. The summed E-state index contributed by atoms with van der Waals surface area (Å²) >= 11 is 5.02. The van der Waals surface area contributed by atoms with Gasteiger partial charge in [0.15, 0.2) is 0 Å². The fourth-order valence-corrected chi connectivity index (χ4v) is 2.06. The molecule has 4 heteroatoms. The predicted octanol–water partition coefficient (Wildman–Crippen LogP) is 3.61. The van der Waals surface area contributed by atoms with Crippen LogP contribution in [0.5, 0.6) is 0 Å². The highest BCUT2D eigenvalue weighted by molar-refractivity contribution is 7.80. The minimum absolute atomic E-state index is 0.361. The van der Waals surface area contributed by atoms with E-state index < -0.39 is 0 Å². The molecule has 0 saturated carbocycles. The Morgan fingerprint density at radius 2 is 1.75 bits per heavy atom. The van der Waals surface area contributed by atoms with E-state index in [0.717, 1.165) is 13.1 Å². The Hall–Kier alpha value is -1.16. The maximum absolute atomic E-state index is 5.68. The molecule has 0 bridgehead atoms. The van der Waals surface area contributed by atoms with Crippen LogP contribution in [-0.4, -0.2) is 23.1 Å². The number of nitrogens with two attached hydrogens (primary N) is 1. The van der Waals surface area contributed by atoms with E-state index in [-0.39, 0.29) is 0 Å². The average Bonchev–Trinajstić information content (AvgIpc) is 2.38. The Morgan fingerprint density at radius 3 is 2.20 bits per heavy atom. The summed E-state index contributed by atoms with van der Waals surface area (Å²) in [5.74, 6) is 1.40. The monoisotopic (exact) mass is 293 g/mol. The van der Waals surface area contributed by atoms with E-state index in [1.165, 1.54) is 18.5 Å². The summed E-state index contributed by atoms with van der Waals surface area (Å²) in [6.07, 6.45) is 4.16. The molecule has 20 heavy (non-hydrogen) atoms. The molecule has 1 aromatic rings. The summed E-state index contributed by atoms with van der Waals surface area (Å²) in [4.78, 5) is 7.00. The van der Waals surface area contributed by atoms with Crippen LogP contribution in [0.2, 0.25) is 0 Å². The van der Waals surface area contributed by atoms with Crippen LogP contribution in [0.4, 0.5) is 5.69 Å². The minimum Gasteiger partial charge on any atom is -0.388 e. The summed E-state index contributed by atoms with van der Waals surface area (Å²) < 4.78 is 0. The standard InChI is InChI=1S/C16H27N3S/c1-12(2)6-9-19(10-7-13(3)4)14-5-8-18-15(11-14)16(17)20/h5,8,11-13H,6-7,9-10H2,1-4H3,(H2,17,20). The Kier molecular flexibility index (Phi) is 6.93. The van der Waals surface area contributed by atoms with Gasteiger partial charge in [0.05, 0.1) is 5.69 Å². The van der Waals surface area contributed by atoms with Crippen molar-refractivity contribution in [1.29, 1.82) is 0 Å². The molecular formula is C16H27N3S. The first-order chi connectivity index (χ1) is 9.40. The van der Waals surface area contributed by atoms with Gasteiger partial charge >= 0.3 is 0 Å². The van der Waals surface area contributed by atoms with Crippen molar-refractivity contribution in [1.82, 2.24) is 4.98 Å². The molecule has 0 radical (unpaired) electrons. The lowest BCUT2D eigenvalue weighted by Crippen LogP contribution is -2.28. The van der Waals surface area contributed by atoms with Crippen LogP contribution >= 0.6 is 12.2 Å². The van der Waals surface area contributed by atoms with Gasteiger partial charge in [-0.15, -0.1) is 0 Å². The van der Waals surface area contributed by atoms with Gasteiger partial charge in [-0.3, -0.25) is 4.98 Å². The molecule has 0 atom stereocenters. The molecule has 1 heterocycles. The van der Waals surface area contributed by atoms with E-state index in [1.54, 1.807) is 6.20 Å². The summed E-state index contributed by atoms with van der Waals surface area (Å²) in [7, 11) is 0. The zero-order valence-electron chi connectivity index (χ0n) is 13.1. The van der Waals surface area contributed by atoms with Crippen LogP contribution in [0.3, 0.4) is 0 Å². The maximum Gasteiger partial charge on any atom is 0.122 e. The largest absolute Gasteiger partial charge is 0.388 e. The molecule has 0 saturated heterocycles. The molecule has 1 rings (SSSR count). The first-order valence-corrected chi connectivity index (χ1v) is 7.81. The van der Waals surface area contributed by atoms with Crippen molar-refractivity contribution in [2.75, 3.05) is 18.0 Å². The van der Waals surface area contributed by atoms with E-state index >= 15 is 0 Å². The van der Waals surface area contributed by atoms with Gasteiger partial charge in [0.2, 0.25) is 0 Å². The highest BCUT2D eigenvalue weighted by Gasteiger charge is 2.10. The summed E-state index contributed by atoms with van der Waals surface area (Å²) in [5.41, 5.74) is 7.55. The molecule has 3 nitrogen and oxygen atoms in total. The highest BCUT2D eigenvalue weighted by Crippen LogP contribution is 2.18. The number of pyridine rings is 1. The van der Waals surface area contributed by atoms with E-state index in [2.05, 4.69) is 37.6 Å². The third kappa shape index (κ3) is 5.87. The fourth-order valence-electron chi connectivity index (χ4n) is 1.95. The third-order valence-corrected chi connectivity index (χ3v) is 3.52. The number of nitrogens with zero attached hydrogens (tertiary/aromatic N) is 2. The molecule has 0 aliphatic rings. The van der Waals surface area contributed by atoms with Crippen molar-refractivity contribution in [3.8, 4) is 0 Å². The van der Waals surface area contributed by atoms with Gasteiger partial charge in [-0.1, -0.05) is 39.9 Å². The fraction of sp³-hybridized carbons (Fsp3) is 0.625. The molecule has 1 aromatic heterocycles. The van der Waals surface area contributed by atoms with Gasteiger partial charge in [0.25, 0.3) is 0 Å². The van der Waals surface area contributed by atoms with Crippen LogP contribution in [0.1, 0.15) is 46.2 Å². The molecular weight excluding hydrogens is 266 g/mol. The lowest BCUT2D eigenvalue weighted by molar-refractivity contribution is 0.535. The molecule has 0 amide bonds. The van der Waals surface area contributed by atoms with Gasteiger partial charge in [-0.25, -0.2) is 0 Å². The number of hydrogen-bond donors (Lipinski definition) is 1. The molecule has 0 aromatic carbocycles. The average molecular weight is 293 g/mol. The molecule has 0 unspecified atom stereocenters. The van der Waals surface area contributed by atoms with Crippen LogP contribution in [0.25, 0.3) is 0 Å². The Balaban J connectivity index is 2.84. The van der Waals surface area contributed by atoms with Crippen LogP contribution in [0.15, 0.2) is 18.3 Å². The SMILES string of the molecule is CC(C)CCN(CCC(C)C)c1ccnc(C(N)=S)c1. The second kappa shape index (κ2) is 8.20. The molecule has 0 aliphatic heterocycles. The third-order valence-electron chi connectivity index (χ3n) is 3.31. The van der Waals surface area contributed by atoms with Crippen molar-refractivity contribution in [2.24, 2.45) is 17.6 Å². The lowest BCUT2D eigenvalue weighted by atomic mass is 10.1. The zero-order chi connectivity index (χ0) is 15.1. The topological polar surface area (TPSA) is 42.2 Å². The van der Waals surface area contributed by atoms with Crippen molar-refractivity contribution < 1.29 is 0 Å². The van der Waals surface area contributed by atoms with Crippen molar-refractivity contribution >= 4 is 22.9 Å². The Morgan fingerprint density at radius 1 is 1.20 bits per heavy atom. The number of thiocarbonyl (C=S) groups is 1. The van der Waals surface area contributed by atoms with Crippen molar-refractivity contribution in [3.63, 3.8) is 0 Å². The van der Waals surface area contributed by atoms with Gasteiger partial charge in [0, 0.05) is 25.0 Å². The number of hydrogen-bond acceptors (Lipinski definition) is 3. The summed E-state index contributed by atoms with van der Waals surface area (Å²) in [5, 5.41) is 0. The maximum atomic E-state index is 5.68. The predicted molar refractivity (Wildman–Crippen MR) is 91.2 cm³/mol. The van der Waals surface area contributed by atoms with E-state index in [9.17, 15) is 0 Å². The highest BCUT2D eigenvalue weighted by atomic mass is 32.1. The number of rotatable bonds is 8. The van der Waals surface area contributed by atoms with Gasteiger partial charge in [0.1, 0.15) is 4.99 Å². The summed E-state index contributed by atoms with van der Waals surface area (Å²) in [6.45, 7) is 11.2. The van der Waals surface area contributed by atoms with Crippen LogP contribution in [-0.2, 0) is 0 Å². The lowest BCUT2D eigenvalue weighted by Gasteiger charge is -2.26. The smallest absolute Gasteiger partial charge is 0.122 e. The minimum atomic E-state index is 0.361. The Labute approximate surface area is 128 Å². The van der Waals surface area contributed by atoms with Crippen molar-refractivity contribution in [2.45, 2.75) is 40.5 Å². The first-order valence-electron chi connectivity index (χ1n) is 7.41. The van der Waals surface area contributed by atoms with Crippen molar-refractivity contribution in [3.05, 3.63) is 24.0 Å². The molecule has 112 valence electrons. The van der Waals surface area contributed by atoms with E-state index in [4.69, 9.17) is 18.0 Å². The van der Waals surface area contributed by atoms with Crippen LogP contribution < -0.4 is 10.6 Å². The molecule has 0 aliphatic carbocycles. The van der Waals surface area contributed by atoms with Gasteiger partial charge < -0.3 is 10.6 Å². The molecule has 0 fully saturated rings. The number of anilines is 1. The molecule has 2 N–H and O–H groups in total. The second-order valence-corrected chi connectivity index (χ2v) is 6.56. The summed E-state index contributed by atoms with van der Waals surface area (Å²) in [6, 6.07) is 4.05. The second-order valence-electron chi connectivity index (χ2n) is 6.12. The van der Waals surface area contributed by atoms with E-state index in [0.29, 0.717) is 22.5 Å². The van der Waals surface area contributed by atoms with Gasteiger partial charge in [-0.05, 0) is 36.8 Å². The normalized spacial score (nSPS) is 11.1. The molecule has 0 spiro atoms. The zero-order valence-corrected chi connectivity index (χ0v) is 13.9. The van der Waals surface area contributed by atoms with Gasteiger partial charge in [-0.2, -0.15) is 0 Å². The van der Waals surface area contributed by atoms with E-state index in [1.807, 2.05) is 12.1 Å². The first kappa shape index (κ1) is 16.9. The Bertz CT molecular complexity index is 417. The van der Waals surface area contributed by atoms with Crippen LogP contribution in [0, 0.1) is 11.8 Å².